The minimum absolute atomic E-state index is 0.109. The average Bonchev–Trinajstić information content (AvgIpc) is 2.76. The monoisotopic (exact) mass is 286 g/mol. The third-order valence-electron chi connectivity index (χ3n) is 4.24. The van der Waals surface area contributed by atoms with Crippen LogP contribution in [0, 0.1) is 0 Å². The van der Waals surface area contributed by atoms with E-state index in [9.17, 15) is 14.4 Å². The van der Waals surface area contributed by atoms with Crippen molar-refractivity contribution in [1.29, 1.82) is 0 Å². The molecule has 3 amide bonds. The first-order valence-corrected chi connectivity index (χ1v) is 7.25. The van der Waals surface area contributed by atoms with Crippen LogP contribution in [0.3, 0.4) is 0 Å². The number of carbonyl (C=O) groups excluding carboxylic acids is 3. The molecule has 2 heterocycles. The average molecular weight is 286 g/mol. The number of nitrogens with one attached hydrogen (secondary N) is 1. The Bertz CT molecular complexity index is 636. The lowest BCUT2D eigenvalue weighted by atomic mass is 9.95. The van der Waals surface area contributed by atoms with Crippen molar-refractivity contribution in [3.05, 3.63) is 34.9 Å². The second-order valence-electron chi connectivity index (χ2n) is 5.93. The summed E-state index contributed by atoms with van der Waals surface area (Å²) in [6.45, 7) is 4.64. The third-order valence-corrected chi connectivity index (χ3v) is 4.24. The number of fused-ring (bicyclic) bond motifs is 1. The fourth-order valence-electron chi connectivity index (χ4n) is 3.15. The number of benzene rings is 1. The maximum Gasteiger partial charge on any atom is 0.255 e. The molecular weight excluding hydrogens is 268 g/mol. The van der Waals surface area contributed by atoms with Crippen LogP contribution in [-0.4, -0.2) is 28.7 Å². The van der Waals surface area contributed by atoms with Gasteiger partial charge in [-0.2, -0.15) is 0 Å². The molecule has 2 aliphatic rings. The van der Waals surface area contributed by atoms with Crippen LogP contribution in [-0.2, 0) is 16.1 Å². The van der Waals surface area contributed by atoms with Gasteiger partial charge in [-0.1, -0.05) is 26.0 Å². The van der Waals surface area contributed by atoms with Crippen LogP contribution in [0.2, 0.25) is 0 Å². The van der Waals surface area contributed by atoms with Gasteiger partial charge in [-0.15, -0.1) is 0 Å². The molecule has 1 aromatic rings. The first-order chi connectivity index (χ1) is 9.99. The Morgan fingerprint density at radius 3 is 2.67 bits per heavy atom. The first-order valence-electron chi connectivity index (χ1n) is 7.25. The van der Waals surface area contributed by atoms with Crippen molar-refractivity contribution in [2.45, 2.75) is 45.2 Å². The van der Waals surface area contributed by atoms with Gasteiger partial charge in [0.25, 0.3) is 5.91 Å². The molecule has 0 unspecified atom stereocenters. The lowest BCUT2D eigenvalue weighted by Crippen LogP contribution is -2.52. The van der Waals surface area contributed by atoms with E-state index in [4.69, 9.17) is 0 Å². The van der Waals surface area contributed by atoms with Gasteiger partial charge in [-0.05, 0) is 29.5 Å². The Hall–Kier alpha value is -2.17. The van der Waals surface area contributed by atoms with Gasteiger partial charge < -0.3 is 4.90 Å². The van der Waals surface area contributed by atoms with E-state index in [-0.39, 0.29) is 24.1 Å². The van der Waals surface area contributed by atoms with Crippen molar-refractivity contribution in [3.63, 3.8) is 0 Å². The van der Waals surface area contributed by atoms with Crippen LogP contribution < -0.4 is 5.32 Å². The van der Waals surface area contributed by atoms with Gasteiger partial charge in [0.1, 0.15) is 6.04 Å². The molecule has 0 aromatic heterocycles. The van der Waals surface area contributed by atoms with E-state index in [2.05, 4.69) is 19.2 Å². The Balaban J connectivity index is 1.92. The molecule has 0 aliphatic carbocycles. The topological polar surface area (TPSA) is 66.5 Å². The minimum atomic E-state index is -0.539. The van der Waals surface area contributed by atoms with E-state index in [1.807, 2.05) is 18.2 Å². The molecule has 2 aliphatic heterocycles. The number of hydrogen-bond acceptors (Lipinski definition) is 3. The van der Waals surface area contributed by atoms with Gasteiger partial charge >= 0.3 is 0 Å². The normalized spacial score (nSPS) is 21.8. The van der Waals surface area contributed by atoms with Crippen LogP contribution in [0.1, 0.15) is 54.1 Å². The van der Waals surface area contributed by atoms with Crippen molar-refractivity contribution >= 4 is 17.7 Å². The summed E-state index contributed by atoms with van der Waals surface area (Å²) in [4.78, 5) is 37.4. The van der Waals surface area contributed by atoms with E-state index in [0.29, 0.717) is 24.4 Å². The highest BCUT2D eigenvalue weighted by atomic mass is 16.2. The van der Waals surface area contributed by atoms with Crippen LogP contribution in [0.5, 0.6) is 0 Å². The molecule has 110 valence electrons. The number of amides is 3. The van der Waals surface area contributed by atoms with E-state index in [1.54, 1.807) is 4.90 Å². The van der Waals surface area contributed by atoms with Gasteiger partial charge in [-0.25, -0.2) is 0 Å². The highest BCUT2D eigenvalue weighted by Crippen LogP contribution is 2.32. The summed E-state index contributed by atoms with van der Waals surface area (Å²) in [5.74, 6) is -0.404. The molecule has 21 heavy (non-hydrogen) atoms. The van der Waals surface area contributed by atoms with Gasteiger partial charge in [0.15, 0.2) is 0 Å². The number of nitrogens with zero attached hydrogens (tertiary/aromatic N) is 1. The fraction of sp³-hybridized carbons (Fsp3) is 0.438. The SMILES string of the molecule is CC(C)c1cccc2c1CN([C@@H]1CCC(=O)NC1=O)C2=O. The summed E-state index contributed by atoms with van der Waals surface area (Å²) in [6.07, 6.45) is 0.689. The lowest BCUT2D eigenvalue weighted by molar-refractivity contribution is -0.136. The van der Waals surface area contributed by atoms with Crippen molar-refractivity contribution in [2.24, 2.45) is 0 Å². The van der Waals surface area contributed by atoms with Gasteiger partial charge in [-0.3, -0.25) is 19.7 Å². The quantitative estimate of drug-likeness (QED) is 0.839. The predicted octanol–water partition coefficient (Wildman–Crippen LogP) is 1.57. The summed E-state index contributed by atoms with van der Waals surface area (Å²) in [6, 6.07) is 5.20. The molecule has 1 N–H and O–H groups in total. The molecule has 1 atom stereocenters. The summed E-state index contributed by atoms with van der Waals surface area (Å²) < 4.78 is 0. The van der Waals surface area contributed by atoms with E-state index >= 15 is 0 Å². The molecule has 0 bridgehead atoms. The Morgan fingerprint density at radius 2 is 2.00 bits per heavy atom. The van der Waals surface area contributed by atoms with Crippen molar-refractivity contribution < 1.29 is 14.4 Å². The Labute approximate surface area is 123 Å². The maximum atomic E-state index is 12.6. The minimum Gasteiger partial charge on any atom is -0.322 e. The number of carbonyl (C=O) groups is 3. The maximum absolute atomic E-state index is 12.6. The van der Waals surface area contributed by atoms with E-state index < -0.39 is 6.04 Å². The zero-order chi connectivity index (χ0) is 15.1. The van der Waals surface area contributed by atoms with Gasteiger partial charge in [0.2, 0.25) is 11.8 Å². The standard InChI is InChI=1S/C16H18N2O3/c1-9(2)10-4-3-5-11-12(10)8-18(16(11)21)13-6-7-14(19)17-15(13)20/h3-5,9,13H,6-8H2,1-2H3,(H,17,19,20)/t13-/m1/s1. The molecule has 1 aromatic carbocycles. The molecule has 0 radical (unpaired) electrons. The van der Waals surface area contributed by atoms with Crippen LogP contribution in [0.4, 0.5) is 0 Å². The van der Waals surface area contributed by atoms with E-state index in [1.165, 1.54) is 0 Å². The second-order valence-corrected chi connectivity index (χ2v) is 5.93. The summed E-state index contributed by atoms with van der Waals surface area (Å²) in [5.41, 5.74) is 2.85. The largest absolute Gasteiger partial charge is 0.322 e. The molecule has 3 rings (SSSR count). The lowest BCUT2D eigenvalue weighted by Gasteiger charge is -2.29. The molecule has 1 fully saturated rings. The highest BCUT2D eigenvalue weighted by molar-refractivity contribution is 6.05. The third kappa shape index (κ3) is 2.22. The number of rotatable bonds is 2. The zero-order valence-corrected chi connectivity index (χ0v) is 12.2. The van der Waals surface area contributed by atoms with Crippen LogP contribution >= 0.6 is 0 Å². The summed E-state index contributed by atoms with van der Waals surface area (Å²) >= 11 is 0. The number of hydrogen-bond donors (Lipinski definition) is 1. The van der Waals surface area contributed by atoms with Gasteiger partial charge in [0, 0.05) is 18.5 Å². The zero-order valence-electron chi connectivity index (χ0n) is 12.2. The van der Waals surface area contributed by atoms with E-state index in [0.717, 1.165) is 11.1 Å². The van der Waals surface area contributed by atoms with Crippen LogP contribution in [0.25, 0.3) is 0 Å². The highest BCUT2D eigenvalue weighted by Gasteiger charge is 2.39. The first kappa shape index (κ1) is 13.8. The smallest absolute Gasteiger partial charge is 0.255 e. The second kappa shape index (κ2) is 4.98. The fourth-order valence-corrected chi connectivity index (χ4v) is 3.15. The summed E-state index contributed by atoms with van der Waals surface area (Å²) in [5, 5.41) is 2.32. The summed E-state index contributed by atoms with van der Waals surface area (Å²) in [7, 11) is 0. The van der Waals surface area contributed by atoms with Crippen LogP contribution in [0.15, 0.2) is 18.2 Å². The molecule has 5 nitrogen and oxygen atoms in total. The van der Waals surface area contributed by atoms with Crippen molar-refractivity contribution in [3.8, 4) is 0 Å². The molecule has 5 heteroatoms. The Kier molecular flexibility index (Phi) is 3.27. The molecule has 0 spiro atoms. The molecule has 0 saturated carbocycles. The van der Waals surface area contributed by atoms with Gasteiger partial charge in [0.05, 0.1) is 0 Å². The van der Waals surface area contributed by atoms with Crippen molar-refractivity contribution in [2.75, 3.05) is 0 Å². The molecule has 1 saturated heterocycles. The number of piperidine rings is 1. The molecular formula is C16H18N2O3. The van der Waals surface area contributed by atoms with Crippen molar-refractivity contribution in [1.82, 2.24) is 10.2 Å². The predicted molar refractivity (Wildman–Crippen MR) is 76.6 cm³/mol. The Morgan fingerprint density at radius 1 is 1.24 bits per heavy atom. The number of imide groups is 1.